The zero-order valence-electron chi connectivity index (χ0n) is 9.27. The van der Waals surface area contributed by atoms with E-state index in [4.69, 9.17) is 16.7 Å². The summed E-state index contributed by atoms with van der Waals surface area (Å²) in [5.41, 5.74) is 0.429. The van der Waals surface area contributed by atoms with Crippen LogP contribution in [0.5, 0.6) is 0 Å². The number of carbonyl (C=O) groups is 3. The second-order valence-electron chi connectivity index (χ2n) is 3.36. The zero-order valence-corrected chi connectivity index (χ0v) is 10.0. The molecule has 7 heteroatoms. The lowest BCUT2D eigenvalue weighted by atomic mass is 10.3. The van der Waals surface area contributed by atoms with Crippen molar-refractivity contribution in [2.45, 2.75) is 6.42 Å². The van der Waals surface area contributed by atoms with Gasteiger partial charge in [-0.1, -0.05) is 11.6 Å². The maximum Gasteiger partial charge on any atom is 0.313 e. The third-order valence-corrected chi connectivity index (χ3v) is 2.18. The monoisotopic (exact) mass is 270 g/mol. The van der Waals surface area contributed by atoms with Crippen LogP contribution in [-0.2, 0) is 14.4 Å². The highest BCUT2D eigenvalue weighted by atomic mass is 35.5. The van der Waals surface area contributed by atoms with E-state index in [1.165, 1.54) is 0 Å². The summed E-state index contributed by atoms with van der Waals surface area (Å²) in [5.74, 6) is -2.79. The predicted molar refractivity (Wildman–Crippen MR) is 65.3 cm³/mol. The highest BCUT2D eigenvalue weighted by molar-refractivity contribution is 6.39. The Morgan fingerprint density at radius 2 is 1.72 bits per heavy atom. The van der Waals surface area contributed by atoms with E-state index >= 15 is 0 Å². The minimum absolute atomic E-state index is 0.0950. The number of carboxylic acids is 1. The SMILES string of the molecule is O=C(O)CCNC(=O)C(=O)Nc1ccc(Cl)cc1. The molecular formula is C11H11ClN2O4. The van der Waals surface area contributed by atoms with Gasteiger partial charge in [0.2, 0.25) is 0 Å². The summed E-state index contributed by atoms with van der Waals surface area (Å²) in [7, 11) is 0. The molecule has 0 heterocycles. The molecule has 18 heavy (non-hydrogen) atoms. The second kappa shape index (κ2) is 6.61. The maximum atomic E-state index is 11.4. The van der Waals surface area contributed by atoms with Gasteiger partial charge >= 0.3 is 17.8 Å². The van der Waals surface area contributed by atoms with Gasteiger partial charge in [-0.25, -0.2) is 0 Å². The molecule has 0 unspecified atom stereocenters. The molecule has 0 aliphatic rings. The number of anilines is 1. The van der Waals surface area contributed by atoms with Gasteiger partial charge in [-0.15, -0.1) is 0 Å². The molecular weight excluding hydrogens is 260 g/mol. The Morgan fingerprint density at radius 3 is 2.28 bits per heavy atom. The Morgan fingerprint density at radius 1 is 1.11 bits per heavy atom. The number of hydrogen-bond acceptors (Lipinski definition) is 3. The average Bonchev–Trinajstić information content (AvgIpc) is 2.31. The molecule has 0 aromatic heterocycles. The van der Waals surface area contributed by atoms with E-state index in [9.17, 15) is 14.4 Å². The number of halogens is 1. The zero-order chi connectivity index (χ0) is 13.5. The molecule has 1 aromatic carbocycles. The Hall–Kier alpha value is -2.08. The van der Waals surface area contributed by atoms with Gasteiger partial charge in [-0.2, -0.15) is 0 Å². The highest BCUT2D eigenvalue weighted by Gasteiger charge is 2.13. The first-order chi connectivity index (χ1) is 8.49. The van der Waals surface area contributed by atoms with E-state index in [2.05, 4.69) is 10.6 Å². The number of carboxylic acid groups (broad SMARTS) is 1. The molecule has 3 N–H and O–H groups in total. The summed E-state index contributed by atoms with van der Waals surface area (Å²) < 4.78 is 0. The van der Waals surface area contributed by atoms with E-state index in [0.717, 1.165) is 0 Å². The third-order valence-electron chi connectivity index (χ3n) is 1.93. The summed E-state index contributed by atoms with van der Waals surface area (Å²) in [6, 6.07) is 6.23. The Labute approximate surface area is 108 Å². The molecule has 0 spiro atoms. The van der Waals surface area contributed by atoms with Crippen molar-refractivity contribution in [3.63, 3.8) is 0 Å². The molecule has 1 aromatic rings. The van der Waals surface area contributed by atoms with Crippen molar-refractivity contribution in [2.75, 3.05) is 11.9 Å². The van der Waals surface area contributed by atoms with Crippen molar-refractivity contribution in [2.24, 2.45) is 0 Å². The van der Waals surface area contributed by atoms with E-state index in [1.807, 2.05) is 0 Å². The fourth-order valence-electron chi connectivity index (χ4n) is 1.08. The van der Waals surface area contributed by atoms with Gasteiger partial charge in [-0.3, -0.25) is 14.4 Å². The molecule has 2 amide bonds. The molecule has 6 nitrogen and oxygen atoms in total. The van der Waals surface area contributed by atoms with Crippen LogP contribution in [0, 0.1) is 0 Å². The summed E-state index contributed by atoms with van der Waals surface area (Å²) in [5, 5.41) is 13.4. The van der Waals surface area contributed by atoms with Crippen LogP contribution in [0.1, 0.15) is 6.42 Å². The number of hydrogen-bond donors (Lipinski definition) is 3. The minimum atomic E-state index is -1.05. The van der Waals surface area contributed by atoms with Gasteiger partial charge < -0.3 is 15.7 Å². The molecule has 0 atom stereocenters. The standard InChI is InChI=1S/C11H11ClN2O4/c12-7-1-3-8(4-2-7)14-11(18)10(17)13-6-5-9(15)16/h1-4H,5-6H2,(H,13,17)(H,14,18)(H,15,16). The average molecular weight is 271 g/mol. The van der Waals surface area contributed by atoms with E-state index in [1.54, 1.807) is 24.3 Å². The summed E-state index contributed by atoms with van der Waals surface area (Å²) in [6.07, 6.45) is -0.236. The lowest BCUT2D eigenvalue weighted by Gasteiger charge is -2.05. The third kappa shape index (κ3) is 4.84. The molecule has 0 aliphatic heterocycles. The van der Waals surface area contributed by atoms with Crippen molar-refractivity contribution < 1.29 is 19.5 Å². The van der Waals surface area contributed by atoms with Crippen molar-refractivity contribution >= 4 is 35.1 Å². The van der Waals surface area contributed by atoms with Gasteiger partial charge in [0.25, 0.3) is 0 Å². The Balaban J connectivity index is 2.42. The first-order valence-corrected chi connectivity index (χ1v) is 5.43. The Kier molecular flexibility index (Phi) is 5.13. The molecule has 0 saturated heterocycles. The van der Waals surface area contributed by atoms with Crippen molar-refractivity contribution in [1.82, 2.24) is 5.32 Å². The smallest absolute Gasteiger partial charge is 0.313 e. The van der Waals surface area contributed by atoms with Crippen LogP contribution >= 0.6 is 11.6 Å². The van der Waals surface area contributed by atoms with Gasteiger partial charge in [0, 0.05) is 17.3 Å². The fourth-order valence-corrected chi connectivity index (χ4v) is 1.21. The fraction of sp³-hybridized carbons (Fsp3) is 0.182. The van der Waals surface area contributed by atoms with Gasteiger partial charge in [0.15, 0.2) is 0 Å². The van der Waals surface area contributed by atoms with E-state index in [-0.39, 0.29) is 13.0 Å². The molecule has 0 radical (unpaired) electrons. The number of carbonyl (C=O) groups excluding carboxylic acids is 2. The van der Waals surface area contributed by atoms with Crippen molar-refractivity contribution in [1.29, 1.82) is 0 Å². The second-order valence-corrected chi connectivity index (χ2v) is 3.80. The largest absolute Gasteiger partial charge is 0.481 e. The Bertz CT molecular complexity index is 459. The first-order valence-electron chi connectivity index (χ1n) is 5.05. The van der Waals surface area contributed by atoms with E-state index in [0.29, 0.717) is 10.7 Å². The van der Waals surface area contributed by atoms with Crippen LogP contribution in [-0.4, -0.2) is 29.4 Å². The number of rotatable bonds is 4. The van der Waals surface area contributed by atoms with Gasteiger partial charge in [0.1, 0.15) is 0 Å². The van der Waals surface area contributed by atoms with Crippen LogP contribution in [0.25, 0.3) is 0 Å². The molecule has 1 rings (SSSR count). The van der Waals surface area contributed by atoms with Crippen LogP contribution in [0.15, 0.2) is 24.3 Å². The number of aliphatic carboxylic acids is 1. The summed E-state index contributed by atoms with van der Waals surface area (Å²) in [6.45, 7) is -0.0950. The number of nitrogens with one attached hydrogen (secondary N) is 2. The quantitative estimate of drug-likeness (QED) is 0.708. The minimum Gasteiger partial charge on any atom is -0.481 e. The predicted octanol–water partition coefficient (Wildman–Crippen LogP) is 0.869. The summed E-state index contributed by atoms with van der Waals surface area (Å²) >= 11 is 5.66. The topological polar surface area (TPSA) is 95.5 Å². The van der Waals surface area contributed by atoms with Gasteiger partial charge in [0.05, 0.1) is 6.42 Å². The maximum absolute atomic E-state index is 11.4. The van der Waals surface area contributed by atoms with Crippen LogP contribution < -0.4 is 10.6 Å². The normalized spacial score (nSPS) is 9.61. The molecule has 96 valence electrons. The van der Waals surface area contributed by atoms with Crippen molar-refractivity contribution in [3.05, 3.63) is 29.3 Å². The van der Waals surface area contributed by atoms with Crippen LogP contribution in [0.3, 0.4) is 0 Å². The number of amides is 2. The first kappa shape index (κ1) is 14.0. The number of benzene rings is 1. The van der Waals surface area contributed by atoms with Gasteiger partial charge in [-0.05, 0) is 24.3 Å². The molecule has 0 aliphatic carbocycles. The van der Waals surface area contributed by atoms with E-state index < -0.39 is 17.8 Å². The van der Waals surface area contributed by atoms with Crippen LogP contribution in [0.2, 0.25) is 5.02 Å². The molecule has 0 fully saturated rings. The molecule has 0 bridgehead atoms. The lowest BCUT2D eigenvalue weighted by molar-refractivity contribution is -0.138. The van der Waals surface area contributed by atoms with Crippen LogP contribution in [0.4, 0.5) is 5.69 Å². The van der Waals surface area contributed by atoms with Crippen molar-refractivity contribution in [3.8, 4) is 0 Å². The highest BCUT2D eigenvalue weighted by Crippen LogP contribution is 2.12. The molecule has 0 saturated carbocycles. The summed E-state index contributed by atoms with van der Waals surface area (Å²) in [4.78, 5) is 32.8. The lowest BCUT2D eigenvalue weighted by Crippen LogP contribution is -2.36.